The molecule has 1 amide bonds. The zero-order chi connectivity index (χ0) is 20.2. The van der Waals surface area contributed by atoms with Crippen LogP contribution in [0.3, 0.4) is 0 Å². The summed E-state index contributed by atoms with van der Waals surface area (Å²) in [6, 6.07) is 11.7. The Balaban J connectivity index is 1.38. The Morgan fingerprint density at radius 1 is 1.10 bits per heavy atom. The van der Waals surface area contributed by atoms with Crippen molar-refractivity contribution >= 4 is 23.4 Å². The van der Waals surface area contributed by atoms with Gasteiger partial charge in [-0.2, -0.15) is 10.1 Å². The Morgan fingerprint density at radius 2 is 1.86 bits per heavy atom. The lowest BCUT2D eigenvalue weighted by Gasteiger charge is -2.34. The molecule has 0 aliphatic carbocycles. The number of aromatic nitrogens is 3. The number of hydrogen-bond donors (Lipinski definition) is 1. The van der Waals surface area contributed by atoms with Gasteiger partial charge in [-0.15, -0.1) is 5.10 Å². The number of hydrogen-bond acceptors (Lipinski definition) is 7. The zero-order valence-electron chi connectivity index (χ0n) is 16.6. The minimum atomic E-state index is -0.0889. The second-order valence-electron chi connectivity index (χ2n) is 7.30. The van der Waals surface area contributed by atoms with Crippen molar-refractivity contribution < 1.29 is 9.21 Å². The minimum Gasteiger partial charge on any atom is -0.459 e. The number of carbonyl (C=O) groups is 1. The van der Waals surface area contributed by atoms with Crippen molar-refractivity contribution in [2.24, 2.45) is 0 Å². The number of benzene rings is 1. The van der Waals surface area contributed by atoms with Gasteiger partial charge in [-0.25, -0.2) is 0 Å². The van der Waals surface area contributed by atoms with Gasteiger partial charge in [-0.05, 0) is 35.7 Å². The van der Waals surface area contributed by atoms with Crippen LogP contribution in [0.25, 0.3) is 0 Å². The molecule has 3 heterocycles. The first-order valence-electron chi connectivity index (χ1n) is 9.74. The largest absolute Gasteiger partial charge is 0.459 e. The van der Waals surface area contributed by atoms with E-state index in [4.69, 9.17) is 4.42 Å². The summed E-state index contributed by atoms with van der Waals surface area (Å²) in [6.07, 6.45) is 3.12. The minimum absolute atomic E-state index is 0.0889. The summed E-state index contributed by atoms with van der Waals surface area (Å²) in [5, 5.41) is 11.5. The number of amides is 1. The summed E-state index contributed by atoms with van der Waals surface area (Å²) in [7, 11) is 0. The van der Waals surface area contributed by atoms with Crippen LogP contribution in [-0.4, -0.2) is 52.2 Å². The van der Waals surface area contributed by atoms with Crippen LogP contribution in [0.2, 0.25) is 0 Å². The third-order valence-corrected chi connectivity index (χ3v) is 4.98. The van der Waals surface area contributed by atoms with Crippen molar-refractivity contribution in [2.75, 3.05) is 36.4 Å². The summed E-state index contributed by atoms with van der Waals surface area (Å²) in [4.78, 5) is 20.8. The lowest BCUT2D eigenvalue weighted by atomic mass is 10.0. The van der Waals surface area contributed by atoms with E-state index in [1.54, 1.807) is 23.2 Å². The van der Waals surface area contributed by atoms with Gasteiger partial charge >= 0.3 is 0 Å². The van der Waals surface area contributed by atoms with Gasteiger partial charge in [0, 0.05) is 31.9 Å². The number of furan rings is 1. The summed E-state index contributed by atoms with van der Waals surface area (Å²) in [5.41, 5.74) is 2.24. The van der Waals surface area contributed by atoms with E-state index in [1.807, 2.05) is 17.0 Å². The Labute approximate surface area is 169 Å². The molecule has 8 heteroatoms. The molecule has 1 aliphatic heterocycles. The molecule has 2 aromatic heterocycles. The molecule has 0 atom stereocenters. The van der Waals surface area contributed by atoms with Gasteiger partial charge in [0.15, 0.2) is 11.6 Å². The first-order chi connectivity index (χ1) is 14.1. The number of rotatable bonds is 5. The van der Waals surface area contributed by atoms with Crippen LogP contribution >= 0.6 is 0 Å². The monoisotopic (exact) mass is 392 g/mol. The highest BCUT2D eigenvalue weighted by Crippen LogP contribution is 2.20. The van der Waals surface area contributed by atoms with Crippen molar-refractivity contribution in [3.63, 3.8) is 0 Å². The van der Waals surface area contributed by atoms with Crippen LogP contribution in [0.15, 0.2) is 53.3 Å². The molecule has 4 rings (SSSR count). The molecule has 29 heavy (non-hydrogen) atoms. The first kappa shape index (κ1) is 18.9. The number of carbonyl (C=O) groups excluding carboxylic acids is 1. The van der Waals surface area contributed by atoms with E-state index in [1.165, 1.54) is 11.8 Å². The molecule has 0 unspecified atom stereocenters. The Bertz CT molecular complexity index is 948. The average Bonchev–Trinajstić information content (AvgIpc) is 3.29. The SMILES string of the molecule is CC(C)c1ccc(Nc2cnnc(N3CCN(C(=O)c4ccco4)CC3)n2)cc1. The second-order valence-corrected chi connectivity index (χ2v) is 7.30. The Kier molecular flexibility index (Phi) is 5.41. The molecular formula is C21H24N6O2. The Morgan fingerprint density at radius 3 is 2.52 bits per heavy atom. The first-order valence-corrected chi connectivity index (χ1v) is 9.74. The van der Waals surface area contributed by atoms with E-state index in [0.29, 0.717) is 49.6 Å². The average molecular weight is 392 g/mol. The molecule has 1 N–H and O–H groups in total. The van der Waals surface area contributed by atoms with Crippen molar-refractivity contribution in [1.29, 1.82) is 0 Å². The summed E-state index contributed by atoms with van der Waals surface area (Å²) >= 11 is 0. The summed E-state index contributed by atoms with van der Waals surface area (Å²) in [5.74, 6) is 1.97. The molecule has 150 valence electrons. The third kappa shape index (κ3) is 4.37. The fourth-order valence-electron chi connectivity index (χ4n) is 3.25. The highest BCUT2D eigenvalue weighted by Gasteiger charge is 2.25. The zero-order valence-corrected chi connectivity index (χ0v) is 16.6. The van der Waals surface area contributed by atoms with Crippen molar-refractivity contribution in [3.05, 3.63) is 60.2 Å². The van der Waals surface area contributed by atoms with Crippen molar-refractivity contribution in [2.45, 2.75) is 19.8 Å². The molecule has 1 aromatic carbocycles. The molecule has 1 saturated heterocycles. The Hall–Kier alpha value is -3.42. The highest BCUT2D eigenvalue weighted by molar-refractivity contribution is 5.91. The van der Waals surface area contributed by atoms with Crippen LogP contribution < -0.4 is 10.2 Å². The van der Waals surface area contributed by atoms with Gasteiger partial charge in [-0.3, -0.25) is 4.79 Å². The van der Waals surface area contributed by atoms with Gasteiger partial charge in [0.25, 0.3) is 5.91 Å². The predicted molar refractivity (Wildman–Crippen MR) is 110 cm³/mol. The molecule has 0 spiro atoms. The molecule has 0 radical (unpaired) electrons. The standard InChI is InChI=1S/C21H24N6O2/c1-15(2)16-5-7-17(8-6-16)23-19-14-22-25-21(24-19)27-11-9-26(10-12-27)20(28)18-4-3-13-29-18/h3-8,13-15H,9-12H2,1-2H3,(H,23,24,25). The molecular weight excluding hydrogens is 368 g/mol. The second kappa shape index (κ2) is 8.30. The summed E-state index contributed by atoms with van der Waals surface area (Å²) in [6.45, 7) is 6.78. The maximum absolute atomic E-state index is 12.4. The van der Waals surface area contributed by atoms with E-state index < -0.39 is 0 Å². The number of nitrogens with zero attached hydrogens (tertiary/aromatic N) is 5. The van der Waals surface area contributed by atoms with Crippen LogP contribution in [0.5, 0.6) is 0 Å². The van der Waals surface area contributed by atoms with E-state index >= 15 is 0 Å². The van der Waals surface area contributed by atoms with Gasteiger partial charge < -0.3 is 19.5 Å². The van der Waals surface area contributed by atoms with Gasteiger partial charge in [-0.1, -0.05) is 26.0 Å². The van der Waals surface area contributed by atoms with Crippen molar-refractivity contribution in [1.82, 2.24) is 20.1 Å². The highest BCUT2D eigenvalue weighted by atomic mass is 16.3. The topological polar surface area (TPSA) is 87.4 Å². The molecule has 0 saturated carbocycles. The van der Waals surface area contributed by atoms with Gasteiger partial charge in [0.2, 0.25) is 5.95 Å². The van der Waals surface area contributed by atoms with E-state index in [2.05, 4.69) is 46.5 Å². The fraction of sp³-hybridized carbons (Fsp3) is 0.333. The number of nitrogens with one attached hydrogen (secondary N) is 1. The maximum Gasteiger partial charge on any atom is 0.289 e. The third-order valence-electron chi connectivity index (χ3n) is 4.98. The molecule has 0 bridgehead atoms. The van der Waals surface area contributed by atoms with Crippen LogP contribution in [0.1, 0.15) is 35.9 Å². The van der Waals surface area contributed by atoms with Gasteiger partial charge in [0.1, 0.15) is 0 Å². The van der Waals surface area contributed by atoms with Crippen LogP contribution in [-0.2, 0) is 0 Å². The maximum atomic E-state index is 12.4. The van der Waals surface area contributed by atoms with Crippen molar-refractivity contribution in [3.8, 4) is 0 Å². The number of anilines is 3. The molecule has 1 fully saturated rings. The fourth-order valence-corrected chi connectivity index (χ4v) is 3.25. The molecule has 3 aromatic rings. The van der Waals surface area contributed by atoms with E-state index in [9.17, 15) is 4.79 Å². The smallest absolute Gasteiger partial charge is 0.289 e. The normalized spacial score (nSPS) is 14.3. The lowest BCUT2D eigenvalue weighted by molar-refractivity contribution is 0.0714. The van der Waals surface area contributed by atoms with E-state index in [0.717, 1.165) is 5.69 Å². The molecule has 1 aliphatic rings. The lowest BCUT2D eigenvalue weighted by Crippen LogP contribution is -2.49. The van der Waals surface area contributed by atoms with E-state index in [-0.39, 0.29) is 5.91 Å². The molecule has 8 nitrogen and oxygen atoms in total. The number of piperazine rings is 1. The van der Waals surface area contributed by atoms with Gasteiger partial charge in [0.05, 0.1) is 12.5 Å². The predicted octanol–water partition coefficient (Wildman–Crippen LogP) is 3.29. The van der Waals surface area contributed by atoms with Crippen LogP contribution in [0.4, 0.5) is 17.5 Å². The summed E-state index contributed by atoms with van der Waals surface area (Å²) < 4.78 is 5.20. The quantitative estimate of drug-likeness (QED) is 0.713. The van der Waals surface area contributed by atoms with Crippen LogP contribution in [0, 0.1) is 0 Å².